The number of nitrogens with two attached hydrogens (primary N) is 1. The zero-order valence-electron chi connectivity index (χ0n) is 10.1. The van der Waals surface area contributed by atoms with Gasteiger partial charge in [0.15, 0.2) is 0 Å². The monoisotopic (exact) mass is 229 g/mol. The van der Waals surface area contributed by atoms with E-state index >= 15 is 0 Å². The van der Waals surface area contributed by atoms with Crippen molar-refractivity contribution in [1.29, 1.82) is 0 Å². The lowest BCUT2D eigenvalue weighted by molar-refractivity contribution is 0.156. The van der Waals surface area contributed by atoms with Gasteiger partial charge in [0.2, 0.25) is 0 Å². The second-order valence-corrected chi connectivity index (χ2v) is 5.25. The van der Waals surface area contributed by atoms with Crippen LogP contribution in [0.5, 0.6) is 0 Å². The van der Waals surface area contributed by atoms with E-state index in [9.17, 15) is 0 Å². The maximum absolute atomic E-state index is 5.61. The summed E-state index contributed by atoms with van der Waals surface area (Å²) < 4.78 is 0. The van der Waals surface area contributed by atoms with E-state index in [1.807, 2.05) is 0 Å². The summed E-state index contributed by atoms with van der Waals surface area (Å²) in [6.07, 6.45) is 2.08. The molecule has 1 fully saturated rings. The predicted molar refractivity (Wildman–Crippen MR) is 69.1 cm³/mol. The van der Waals surface area contributed by atoms with Gasteiger partial charge in [-0.1, -0.05) is 12.2 Å². The Balaban J connectivity index is 2.54. The van der Waals surface area contributed by atoms with Crippen molar-refractivity contribution in [2.75, 3.05) is 26.7 Å². The summed E-state index contributed by atoms with van der Waals surface area (Å²) in [5.41, 5.74) is 5.61. The predicted octanol–water partition coefficient (Wildman–Crippen LogP) is 1.08. The maximum atomic E-state index is 5.61. The van der Waals surface area contributed by atoms with Gasteiger partial charge < -0.3 is 10.6 Å². The highest BCUT2D eigenvalue weighted by atomic mass is 32.1. The van der Waals surface area contributed by atoms with Gasteiger partial charge >= 0.3 is 0 Å². The zero-order valence-corrected chi connectivity index (χ0v) is 10.9. The number of hydrogen-bond donors (Lipinski definition) is 1. The third kappa shape index (κ3) is 4.05. The lowest BCUT2D eigenvalue weighted by atomic mass is 10.1. The number of nitrogens with zero attached hydrogens (tertiary/aromatic N) is 2. The second kappa shape index (κ2) is 5.77. The number of thiocarbonyl (C=S) groups is 1. The van der Waals surface area contributed by atoms with Crippen LogP contribution in [0.25, 0.3) is 0 Å². The Hall–Kier alpha value is -0.190. The molecule has 2 N–H and O–H groups in total. The van der Waals surface area contributed by atoms with Gasteiger partial charge in [-0.15, -0.1) is 0 Å². The lowest BCUT2D eigenvalue weighted by Gasteiger charge is -2.33. The first kappa shape index (κ1) is 12.9. The fourth-order valence-electron chi connectivity index (χ4n) is 2.45. The van der Waals surface area contributed by atoms with Gasteiger partial charge in [0.1, 0.15) is 0 Å². The summed E-state index contributed by atoms with van der Waals surface area (Å²) in [5, 5.41) is 0. The summed E-state index contributed by atoms with van der Waals surface area (Å²) in [4.78, 5) is 5.56. The number of likely N-dealkylation sites (N-methyl/N-ethyl adjacent to an activating group) is 1. The Morgan fingerprint density at radius 2 is 2.20 bits per heavy atom. The van der Waals surface area contributed by atoms with Crippen LogP contribution in [0.4, 0.5) is 0 Å². The van der Waals surface area contributed by atoms with Crippen LogP contribution >= 0.6 is 12.2 Å². The molecule has 0 bridgehead atoms. The summed E-state index contributed by atoms with van der Waals surface area (Å²) in [7, 11) is 2.19. The van der Waals surface area contributed by atoms with Crippen molar-refractivity contribution >= 4 is 17.2 Å². The van der Waals surface area contributed by atoms with Crippen molar-refractivity contribution in [1.82, 2.24) is 9.80 Å². The van der Waals surface area contributed by atoms with Crippen LogP contribution in [0.15, 0.2) is 0 Å². The molecular weight excluding hydrogens is 206 g/mol. The van der Waals surface area contributed by atoms with Gasteiger partial charge in [0.05, 0.1) is 4.99 Å². The molecule has 1 rings (SSSR count). The van der Waals surface area contributed by atoms with Crippen molar-refractivity contribution in [3.63, 3.8) is 0 Å². The van der Waals surface area contributed by atoms with Crippen molar-refractivity contribution in [2.45, 2.75) is 38.8 Å². The van der Waals surface area contributed by atoms with Crippen LogP contribution in [-0.2, 0) is 0 Å². The molecule has 3 nitrogen and oxygen atoms in total. The van der Waals surface area contributed by atoms with E-state index in [-0.39, 0.29) is 0 Å². The SMILES string of the molecule is CC(CC(N)=S)N1CCCN(C)CC1C. The molecule has 4 heteroatoms. The van der Waals surface area contributed by atoms with E-state index in [1.54, 1.807) is 0 Å². The van der Waals surface area contributed by atoms with E-state index in [4.69, 9.17) is 18.0 Å². The molecule has 1 aliphatic heterocycles. The molecule has 0 saturated carbocycles. The van der Waals surface area contributed by atoms with Crippen molar-refractivity contribution in [3.05, 3.63) is 0 Å². The topological polar surface area (TPSA) is 32.5 Å². The fourth-order valence-corrected chi connectivity index (χ4v) is 2.70. The van der Waals surface area contributed by atoms with Gasteiger partial charge in [0.25, 0.3) is 0 Å². The van der Waals surface area contributed by atoms with Gasteiger partial charge in [-0.25, -0.2) is 0 Å². The molecule has 2 unspecified atom stereocenters. The van der Waals surface area contributed by atoms with E-state index in [0.717, 1.165) is 19.5 Å². The molecule has 1 heterocycles. The maximum Gasteiger partial charge on any atom is 0.0742 e. The quantitative estimate of drug-likeness (QED) is 0.734. The van der Waals surface area contributed by atoms with Crippen LogP contribution in [0, 0.1) is 0 Å². The third-order valence-electron chi connectivity index (χ3n) is 3.16. The Morgan fingerprint density at radius 1 is 1.53 bits per heavy atom. The van der Waals surface area contributed by atoms with Crippen LogP contribution < -0.4 is 5.73 Å². The average molecular weight is 229 g/mol. The van der Waals surface area contributed by atoms with Crippen LogP contribution in [0.3, 0.4) is 0 Å². The largest absolute Gasteiger partial charge is 0.393 e. The van der Waals surface area contributed by atoms with Gasteiger partial charge in [0, 0.05) is 25.0 Å². The molecule has 2 atom stereocenters. The number of rotatable bonds is 3. The minimum absolute atomic E-state index is 0.476. The fraction of sp³-hybridized carbons (Fsp3) is 0.909. The highest BCUT2D eigenvalue weighted by molar-refractivity contribution is 7.80. The molecule has 0 aromatic rings. The normalized spacial score (nSPS) is 27.3. The molecule has 1 saturated heterocycles. The number of hydrogen-bond acceptors (Lipinski definition) is 3. The highest BCUT2D eigenvalue weighted by Gasteiger charge is 2.23. The van der Waals surface area contributed by atoms with E-state index < -0.39 is 0 Å². The summed E-state index contributed by atoms with van der Waals surface area (Å²) >= 11 is 4.98. The first-order valence-corrected chi connectivity index (χ1v) is 6.14. The molecule has 0 aromatic heterocycles. The van der Waals surface area contributed by atoms with Crippen molar-refractivity contribution in [3.8, 4) is 0 Å². The zero-order chi connectivity index (χ0) is 11.4. The van der Waals surface area contributed by atoms with Crippen LogP contribution in [-0.4, -0.2) is 53.6 Å². The van der Waals surface area contributed by atoms with Crippen LogP contribution in [0.2, 0.25) is 0 Å². The molecule has 0 aromatic carbocycles. The molecule has 1 aliphatic rings. The van der Waals surface area contributed by atoms with Crippen molar-refractivity contribution in [2.24, 2.45) is 5.73 Å². The molecule has 88 valence electrons. The molecular formula is C11H23N3S. The standard InChI is InChI=1S/C11H23N3S/c1-9(7-11(12)15)14-6-4-5-13(3)8-10(14)2/h9-10H,4-8H2,1-3H3,(H2,12,15). The molecule has 0 spiro atoms. The van der Waals surface area contributed by atoms with Crippen LogP contribution in [0.1, 0.15) is 26.7 Å². The van der Waals surface area contributed by atoms with Gasteiger partial charge in [-0.2, -0.15) is 0 Å². The molecule has 0 radical (unpaired) electrons. The smallest absolute Gasteiger partial charge is 0.0742 e. The molecule has 15 heavy (non-hydrogen) atoms. The summed E-state index contributed by atoms with van der Waals surface area (Å²) in [6.45, 7) is 8.01. The first-order valence-electron chi connectivity index (χ1n) is 5.73. The average Bonchev–Trinajstić information content (AvgIpc) is 2.25. The molecule has 0 aliphatic carbocycles. The Morgan fingerprint density at radius 3 is 2.80 bits per heavy atom. The van der Waals surface area contributed by atoms with E-state index in [2.05, 4.69) is 30.7 Å². The first-order chi connectivity index (χ1) is 7.00. The van der Waals surface area contributed by atoms with Crippen molar-refractivity contribution < 1.29 is 0 Å². The van der Waals surface area contributed by atoms with Gasteiger partial charge in [-0.3, -0.25) is 4.90 Å². The Labute approximate surface area is 98.6 Å². The Kier molecular flexibility index (Phi) is 4.96. The minimum atomic E-state index is 0.476. The van der Waals surface area contributed by atoms with Gasteiger partial charge in [-0.05, 0) is 40.4 Å². The van der Waals surface area contributed by atoms with E-state index in [1.165, 1.54) is 13.0 Å². The third-order valence-corrected chi connectivity index (χ3v) is 3.33. The minimum Gasteiger partial charge on any atom is -0.393 e. The lowest BCUT2D eigenvalue weighted by Crippen LogP contribution is -2.44. The Bertz CT molecular complexity index is 220. The summed E-state index contributed by atoms with van der Waals surface area (Å²) in [5.74, 6) is 0. The second-order valence-electron chi connectivity index (χ2n) is 4.72. The molecule has 0 amide bonds. The highest BCUT2D eigenvalue weighted by Crippen LogP contribution is 2.14. The summed E-state index contributed by atoms with van der Waals surface area (Å²) in [6, 6.07) is 1.07. The van der Waals surface area contributed by atoms with E-state index in [0.29, 0.717) is 17.1 Å².